The minimum Gasteiger partial charge on any atom is -0.497 e. The van der Waals surface area contributed by atoms with Gasteiger partial charge in [0.25, 0.3) is 11.8 Å². The lowest BCUT2D eigenvalue weighted by atomic mass is 10.3. The molecular formula is C18H20N4O4. The fourth-order valence-corrected chi connectivity index (χ4v) is 1.85. The predicted octanol–water partition coefficient (Wildman–Crippen LogP) is 1.85. The highest BCUT2D eigenvalue weighted by Crippen LogP contribution is 2.14. The maximum absolute atomic E-state index is 11.7. The molecule has 0 aliphatic rings. The Balaban J connectivity index is 1.72. The number of anilines is 2. The van der Waals surface area contributed by atoms with Gasteiger partial charge >= 0.3 is 0 Å². The number of carbonyl (C=O) groups excluding carboxylic acids is 2. The molecule has 0 saturated heterocycles. The standard InChI is InChI=1S/C18H20N4O4/c1-25-15-7-3-13(4-8-15)19-21-17(23)11-12-18(24)22-20-14-5-9-16(26-2)10-6-14/h3-12,19-20H,1-2H3,(H,21,23)(H,22,24)/b12-11-. The Morgan fingerprint density at radius 2 is 1.04 bits per heavy atom. The van der Waals surface area contributed by atoms with Crippen LogP contribution >= 0.6 is 0 Å². The lowest BCUT2D eigenvalue weighted by Crippen LogP contribution is -2.30. The van der Waals surface area contributed by atoms with Gasteiger partial charge in [0.05, 0.1) is 25.6 Å². The van der Waals surface area contributed by atoms with E-state index in [-0.39, 0.29) is 0 Å². The number of methoxy groups -OCH3 is 2. The highest BCUT2D eigenvalue weighted by Gasteiger charge is 2.00. The molecule has 8 nitrogen and oxygen atoms in total. The summed E-state index contributed by atoms with van der Waals surface area (Å²) in [7, 11) is 3.15. The van der Waals surface area contributed by atoms with Gasteiger partial charge in [-0.15, -0.1) is 0 Å². The molecule has 2 aromatic carbocycles. The third kappa shape index (κ3) is 6.08. The zero-order valence-electron chi connectivity index (χ0n) is 14.4. The quantitative estimate of drug-likeness (QED) is 0.425. The normalized spacial score (nSPS) is 10.1. The molecule has 0 bridgehead atoms. The van der Waals surface area contributed by atoms with Gasteiger partial charge in [0.1, 0.15) is 11.5 Å². The van der Waals surface area contributed by atoms with Gasteiger partial charge in [-0.1, -0.05) is 0 Å². The van der Waals surface area contributed by atoms with Crippen molar-refractivity contribution in [3.05, 3.63) is 60.7 Å². The first kappa shape index (κ1) is 18.7. The monoisotopic (exact) mass is 356 g/mol. The minimum absolute atomic E-state index is 0.472. The summed E-state index contributed by atoms with van der Waals surface area (Å²) < 4.78 is 10.1. The Bertz CT molecular complexity index is 692. The van der Waals surface area contributed by atoms with E-state index >= 15 is 0 Å². The smallest absolute Gasteiger partial charge is 0.262 e. The van der Waals surface area contributed by atoms with Crippen molar-refractivity contribution in [1.82, 2.24) is 10.9 Å². The van der Waals surface area contributed by atoms with E-state index in [1.54, 1.807) is 62.8 Å². The van der Waals surface area contributed by atoms with Crippen LogP contribution < -0.4 is 31.2 Å². The number of benzene rings is 2. The molecule has 0 heterocycles. The SMILES string of the molecule is COc1ccc(NNC(=O)/C=C\C(=O)NNc2ccc(OC)cc2)cc1. The Morgan fingerprint density at radius 3 is 1.35 bits per heavy atom. The van der Waals surface area contributed by atoms with E-state index in [2.05, 4.69) is 21.7 Å². The van der Waals surface area contributed by atoms with E-state index in [9.17, 15) is 9.59 Å². The summed E-state index contributed by atoms with van der Waals surface area (Å²) >= 11 is 0. The van der Waals surface area contributed by atoms with Crippen molar-refractivity contribution in [2.75, 3.05) is 25.1 Å². The van der Waals surface area contributed by atoms with Crippen LogP contribution in [0.1, 0.15) is 0 Å². The van der Waals surface area contributed by atoms with Crippen LogP contribution in [0.2, 0.25) is 0 Å². The van der Waals surface area contributed by atoms with Crippen molar-refractivity contribution >= 4 is 23.2 Å². The third-order valence-electron chi connectivity index (χ3n) is 3.23. The fourth-order valence-electron chi connectivity index (χ4n) is 1.85. The van der Waals surface area contributed by atoms with Crippen LogP contribution in [0.4, 0.5) is 11.4 Å². The average molecular weight is 356 g/mol. The van der Waals surface area contributed by atoms with Crippen LogP contribution in [-0.2, 0) is 9.59 Å². The number of amides is 2. The van der Waals surface area contributed by atoms with E-state index in [1.807, 2.05) is 0 Å². The number of carbonyl (C=O) groups is 2. The molecule has 0 atom stereocenters. The number of hydrogen-bond donors (Lipinski definition) is 4. The van der Waals surface area contributed by atoms with E-state index in [0.717, 1.165) is 12.2 Å². The van der Waals surface area contributed by atoms with Crippen LogP contribution in [-0.4, -0.2) is 26.0 Å². The van der Waals surface area contributed by atoms with E-state index in [0.29, 0.717) is 22.9 Å². The lowest BCUT2D eigenvalue weighted by molar-refractivity contribution is -0.118. The van der Waals surface area contributed by atoms with Crippen molar-refractivity contribution in [2.24, 2.45) is 0 Å². The first-order valence-electron chi connectivity index (χ1n) is 7.69. The van der Waals surface area contributed by atoms with Gasteiger partial charge in [0.2, 0.25) is 0 Å². The molecule has 136 valence electrons. The predicted molar refractivity (Wildman–Crippen MR) is 98.7 cm³/mol. The number of ether oxygens (including phenoxy) is 2. The molecule has 0 saturated carbocycles. The molecule has 0 aromatic heterocycles. The summed E-state index contributed by atoms with van der Waals surface area (Å²) in [6, 6.07) is 14.0. The zero-order valence-corrected chi connectivity index (χ0v) is 14.4. The van der Waals surface area contributed by atoms with Gasteiger partial charge in [0.15, 0.2) is 0 Å². The third-order valence-corrected chi connectivity index (χ3v) is 3.23. The molecular weight excluding hydrogens is 336 g/mol. The molecule has 0 aliphatic heterocycles. The van der Waals surface area contributed by atoms with E-state index in [1.165, 1.54) is 0 Å². The summed E-state index contributed by atoms with van der Waals surface area (Å²) in [4.78, 5) is 23.4. The van der Waals surface area contributed by atoms with E-state index < -0.39 is 11.8 Å². The summed E-state index contributed by atoms with van der Waals surface area (Å²) in [5.74, 6) is 0.478. The molecule has 0 unspecified atom stereocenters. The number of nitrogens with one attached hydrogen (secondary N) is 4. The van der Waals surface area contributed by atoms with Crippen LogP contribution in [0.5, 0.6) is 11.5 Å². The summed E-state index contributed by atoms with van der Waals surface area (Å²) in [5, 5.41) is 0. The molecule has 0 aliphatic carbocycles. The van der Waals surface area contributed by atoms with Crippen molar-refractivity contribution in [3.8, 4) is 11.5 Å². The number of rotatable bonds is 8. The van der Waals surface area contributed by atoms with Crippen LogP contribution in [0.25, 0.3) is 0 Å². The topological polar surface area (TPSA) is 101 Å². The molecule has 0 spiro atoms. The van der Waals surface area contributed by atoms with Gasteiger partial charge in [0, 0.05) is 12.2 Å². The maximum Gasteiger partial charge on any atom is 0.262 e. The van der Waals surface area contributed by atoms with E-state index in [4.69, 9.17) is 9.47 Å². The Labute approximate surface area is 151 Å². The van der Waals surface area contributed by atoms with Crippen LogP contribution in [0.3, 0.4) is 0 Å². The van der Waals surface area contributed by atoms with Gasteiger partial charge in [-0.2, -0.15) is 0 Å². The molecule has 2 amide bonds. The second kappa shape index (κ2) is 9.58. The molecule has 4 N–H and O–H groups in total. The minimum atomic E-state index is -0.472. The average Bonchev–Trinajstić information content (AvgIpc) is 2.69. The summed E-state index contributed by atoms with van der Waals surface area (Å²) in [5.41, 5.74) is 11.7. The largest absolute Gasteiger partial charge is 0.497 e. The second-order valence-electron chi connectivity index (χ2n) is 5.02. The molecule has 2 rings (SSSR count). The highest BCUT2D eigenvalue weighted by molar-refractivity contribution is 5.97. The molecule has 26 heavy (non-hydrogen) atoms. The lowest BCUT2D eigenvalue weighted by Gasteiger charge is -2.08. The van der Waals surface area contributed by atoms with Crippen molar-refractivity contribution < 1.29 is 19.1 Å². The van der Waals surface area contributed by atoms with Crippen molar-refractivity contribution in [3.63, 3.8) is 0 Å². The first-order chi connectivity index (χ1) is 12.6. The van der Waals surface area contributed by atoms with Crippen LogP contribution in [0.15, 0.2) is 60.7 Å². The summed E-state index contributed by atoms with van der Waals surface area (Å²) in [6.45, 7) is 0. The van der Waals surface area contributed by atoms with Crippen LogP contribution in [0, 0.1) is 0 Å². The zero-order chi connectivity index (χ0) is 18.8. The van der Waals surface area contributed by atoms with Gasteiger partial charge in [-0.3, -0.25) is 31.3 Å². The molecule has 0 fully saturated rings. The number of hydrazine groups is 2. The summed E-state index contributed by atoms with van der Waals surface area (Å²) in [6.07, 6.45) is 2.23. The first-order valence-corrected chi connectivity index (χ1v) is 7.69. The number of hydrogen-bond acceptors (Lipinski definition) is 6. The Morgan fingerprint density at radius 1 is 0.692 bits per heavy atom. The maximum atomic E-state index is 11.7. The van der Waals surface area contributed by atoms with Gasteiger partial charge in [-0.05, 0) is 48.5 Å². The Kier molecular flexibility index (Phi) is 6.87. The Hall–Kier alpha value is -3.68. The second-order valence-corrected chi connectivity index (χ2v) is 5.02. The van der Waals surface area contributed by atoms with Crippen molar-refractivity contribution in [2.45, 2.75) is 0 Å². The van der Waals surface area contributed by atoms with Crippen molar-refractivity contribution in [1.29, 1.82) is 0 Å². The fraction of sp³-hybridized carbons (Fsp3) is 0.111. The van der Waals surface area contributed by atoms with Gasteiger partial charge < -0.3 is 9.47 Å². The van der Waals surface area contributed by atoms with Gasteiger partial charge in [-0.25, -0.2) is 0 Å². The highest BCUT2D eigenvalue weighted by atomic mass is 16.5. The molecule has 2 aromatic rings. The molecule has 8 heteroatoms. The molecule has 0 radical (unpaired) electrons.